The maximum absolute atomic E-state index is 12.5. The number of ether oxygens (including phenoxy) is 1. The number of hydrogen-bond acceptors (Lipinski definition) is 8. The maximum Gasteiger partial charge on any atom is 0.243 e. The third kappa shape index (κ3) is 4.14. The molecule has 2 aromatic carbocycles. The number of aliphatic hydroxyl groups is 2. The number of anilines is 2. The predicted molar refractivity (Wildman–Crippen MR) is 121 cm³/mol. The Morgan fingerprint density at radius 1 is 1.06 bits per heavy atom. The number of fused-ring (bicyclic) bond motifs is 1. The van der Waals surface area contributed by atoms with Crippen LogP contribution in [0.1, 0.15) is 6.23 Å². The Labute approximate surface area is 188 Å². The molecule has 1 amide bonds. The molecule has 0 radical (unpaired) electrons. The lowest BCUT2D eigenvalue weighted by molar-refractivity contribution is -0.114. The average molecular weight is 446 g/mol. The Morgan fingerprint density at radius 2 is 1.79 bits per heavy atom. The van der Waals surface area contributed by atoms with Gasteiger partial charge in [-0.05, 0) is 12.1 Å². The lowest BCUT2D eigenvalue weighted by atomic mass is 10.1. The van der Waals surface area contributed by atoms with Gasteiger partial charge in [0.05, 0.1) is 18.5 Å². The van der Waals surface area contributed by atoms with E-state index < -0.39 is 18.4 Å². The molecular weight excluding hydrogens is 424 g/mol. The number of benzene rings is 2. The third-order valence-corrected chi connectivity index (χ3v) is 5.38. The zero-order chi connectivity index (χ0) is 22.8. The summed E-state index contributed by atoms with van der Waals surface area (Å²) in [5.74, 6) is 0.181. The van der Waals surface area contributed by atoms with Crippen LogP contribution < -0.4 is 10.6 Å². The van der Waals surface area contributed by atoms with Crippen molar-refractivity contribution < 1.29 is 19.7 Å². The Kier molecular flexibility index (Phi) is 5.69. The molecule has 0 aliphatic carbocycles. The summed E-state index contributed by atoms with van der Waals surface area (Å²) in [4.78, 5) is 21.2. The Hall–Kier alpha value is -3.86. The van der Waals surface area contributed by atoms with Crippen LogP contribution in [-0.4, -0.2) is 61.2 Å². The average Bonchev–Trinajstić information content (AvgIpc) is 3.39. The van der Waals surface area contributed by atoms with Crippen LogP contribution in [0.4, 0.5) is 11.5 Å². The highest BCUT2D eigenvalue weighted by molar-refractivity contribution is 6.01. The fraction of sp³-hybridized carbons (Fsp3) is 0.217. The van der Waals surface area contributed by atoms with Crippen molar-refractivity contribution in [1.29, 1.82) is 0 Å². The molecule has 2 aromatic heterocycles. The summed E-state index contributed by atoms with van der Waals surface area (Å²) in [7, 11) is 0. The van der Waals surface area contributed by atoms with Gasteiger partial charge in [-0.1, -0.05) is 48.5 Å². The lowest BCUT2D eigenvalue weighted by Crippen LogP contribution is -2.28. The number of carbonyl (C=O) groups is 1. The van der Waals surface area contributed by atoms with Gasteiger partial charge in [-0.3, -0.25) is 4.79 Å². The summed E-state index contributed by atoms with van der Waals surface area (Å²) in [6.45, 7) is -0.0363. The molecule has 5 rings (SSSR count). The maximum atomic E-state index is 12.5. The van der Waals surface area contributed by atoms with E-state index in [0.717, 1.165) is 5.56 Å². The van der Waals surface area contributed by atoms with Crippen molar-refractivity contribution in [2.75, 3.05) is 23.8 Å². The largest absolute Gasteiger partial charge is 0.388 e. The molecule has 1 saturated heterocycles. The molecular formula is C23H22N6O4. The van der Waals surface area contributed by atoms with Gasteiger partial charge in [-0.25, -0.2) is 14.6 Å². The van der Waals surface area contributed by atoms with Crippen LogP contribution in [0, 0.1) is 0 Å². The number of hydrogen-bond donors (Lipinski definition) is 4. The minimum Gasteiger partial charge on any atom is -0.388 e. The van der Waals surface area contributed by atoms with Crippen LogP contribution in [0.5, 0.6) is 0 Å². The first-order chi connectivity index (χ1) is 16.1. The standard InChI is InChI=1S/C23H22N6O4/c30-16-12-33-23(20(16)32)29-22-18(19(28-29)14-7-3-1-4-8-14)21(25-13-26-22)24-11-17(31)27-15-9-5-2-6-10-15/h1-10,13,16,20,23,30,32H,11-12H2,(H,27,31)(H,24,25,26)/t16-,20-,23-/m1/s1. The van der Waals surface area contributed by atoms with Gasteiger partial charge in [0.25, 0.3) is 0 Å². The second-order valence-corrected chi connectivity index (χ2v) is 7.63. The highest BCUT2D eigenvalue weighted by atomic mass is 16.5. The summed E-state index contributed by atoms with van der Waals surface area (Å²) in [5, 5.41) is 31.5. The summed E-state index contributed by atoms with van der Waals surface area (Å²) in [6.07, 6.45) is -1.72. The van der Waals surface area contributed by atoms with E-state index >= 15 is 0 Å². The normalized spacial score (nSPS) is 20.1. The topological polar surface area (TPSA) is 134 Å². The van der Waals surface area contributed by atoms with E-state index in [1.54, 1.807) is 12.1 Å². The molecule has 3 atom stereocenters. The van der Waals surface area contributed by atoms with Gasteiger partial charge >= 0.3 is 0 Å². The van der Waals surface area contributed by atoms with Crippen molar-refractivity contribution >= 4 is 28.4 Å². The van der Waals surface area contributed by atoms with E-state index in [1.807, 2.05) is 48.5 Å². The van der Waals surface area contributed by atoms with Crippen LogP contribution in [0.25, 0.3) is 22.3 Å². The van der Waals surface area contributed by atoms with E-state index in [9.17, 15) is 15.0 Å². The van der Waals surface area contributed by atoms with E-state index in [2.05, 4.69) is 25.7 Å². The molecule has 4 aromatic rings. The van der Waals surface area contributed by atoms with Gasteiger partial charge in [0, 0.05) is 11.3 Å². The lowest BCUT2D eigenvalue weighted by Gasteiger charge is -2.15. The number of carbonyl (C=O) groups excluding carboxylic acids is 1. The van der Waals surface area contributed by atoms with Crippen LogP contribution in [0.15, 0.2) is 67.0 Å². The number of amides is 1. The highest BCUT2D eigenvalue weighted by Crippen LogP contribution is 2.35. The number of nitrogens with one attached hydrogen (secondary N) is 2. The number of para-hydroxylation sites is 1. The van der Waals surface area contributed by atoms with Crippen LogP contribution in [-0.2, 0) is 9.53 Å². The molecule has 4 N–H and O–H groups in total. The molecule has 0 unspecified atom stereocenters. The fourth-order valence-electron chi connectivity index (χ4n) is 3.77. The second-order valence-electron chi connectivity index (χ2n) is 7.63. The van der Waals surface area contributed by atoms with Crippen molar-refractivity contribution in [2.24, 2.45) is 0 Å². The van der Waals surface area contributed by atoms with Gasteiger partial charge in [-0.2, -0.15) is 5.10 Å². The molecule has 0 spiro atoms. The van der Waals surface area contributed by atoms with Gasteiger partial charge in [0.15, 0.2) is 11.9 Å². The molecule has 10 heteroatoms. The van der Waals surface area contributed by atoms with Crippen molar-refractivity contribution in [2.45, 2.75) is 18.4 Å². The summed E-state index contributed by atoms with van der Waals surface area (Å²) >= 11 is 0. The van der Waals surface area contributed by atoms with Crippen LogP contribution in [0.3, 0.4) is 0 Å². The first-order valence-corrected chi connectivity index (χ1v) is 10.5. The smallest absolute Gasteiger partial charge is 0.243 e. The van der Waals surface area contributed by atoms with E-state index in [4.69, 9.17) is 4.74 Å². The van der Waals surface area contributed by atoms with Crippen molar-refractivity contribution in [1.82, 2.24) is 19.7 Å². The minimum absolute atomic E-state index is 0.0102. The Balaban J connectivity index is 1.51. The molecule has 168 valence electrons. The van der Waals surface area contributed by atoms with Crippen LogP contribution >= 0.6 is 0 Å². The number of nitrogens with zero attached hydrogens (tertiary/aromatic N) is 4. The Morgan fingerprint density at radius 3 is 2.48 bits per heavy atom. The molecule has 0 saturated carbocycles. The van der Waals surface area contributed by atoms with Gasteiger partial charge < -0.3 is 25.6 Å². The first kappa shape index (κ1) is 21.0. The third-order valence-electron chi connectivity index (χ3n) is 5.38. The first-order valence-electron chi connectivity index (χ1n) is 10.5. The quantitative estimate of drug-likeness (QED) is 0.352. The van der Waals surface area contributed by atoms with Crippen molar-refractivity contribution in [3.8, 4) is 11.3 Å². The molecule has 0 bridgehead atoms. The fourth-order valence-corrected chi connectivity index (χ4v) is 3.77. The second kappa shape index (κ2) is 8.94. The zero-order valence-corrected chi connectivity index (χ0v) is 17.5. The van der Waals surface area contributed by atoms with Crippen LogP contribution in [0.2, 0.25) is 0 Å². The number of rotatable bonds is 6. The van der Waals surface area contributed by atoms with E-state index in [-0.39, 0.29) is 19.1 Å². The molecule has 1 aliphatic heterocycles. The molecule has 33 heavy (non-hydrogen) atoms. The van der Waals surface area contributed by atoms with Gasteiger partial charge in [-0.15, -0.1) is 0 Å². The monoisotopic (exact) mass is 446 g/mol. The zero-order valence-electron chi connectivity index (χ0n) is 17.5. The van der Waals surface area contributed by atoms with E-state index in [1.165, 1.54) is 11.0 Å². The SMILES string of the molecule is O=C(CNc1ncnc2c1c(-c1ccccc1)nn2[C@@H]1OC[C@@H](O)[C@H]1O)Nc1ccccc1. The summed E-state index contributed by atoms with van der Waals surface area (Å²) < 4.78 is 7.03. The van der Waals surface area contributed by atoms with Gasteiger partial charge in [0.1, 0.15) is 30.0 Å². The van der Waals surface area contributed by atoms with Crippen molar-refractivity contribution in [3.05, 3.63) is 67.0 Å². The highest BCUT2D eigenvalue weighted by Gasteiger charge is 2.38. The summed E-state index contributed by atoms with van der Waals surface area (Å²) in [5.41, 5.74) is 2.48. The molecule has 1 fully saturated rings. The number of aromatic nitrogens is 4. The molecule has 10 nitrogen and oxygen atoms in total. The van der Waals surface area contributed by atoms with Gasteiger partial charge in [0.2, 0.25) is 5.91 Å². The minimum atomic E-state index is -1.15. The predicted octanol–water partition coefficient (Wildman–Crippen LogP) is 1.79. The molecule has 3 heterocycles. The number of aliphatic hydroxyl groups excluding tert-OH is 2. The molecule has 1 aliphatic rings. The van der Waals surface area contributed by atoms with Crippen molar-refractivity contribution in [3.63, 3.8) is 0 Å². The Bertz CT molecular complexity index is 1260. The summed E-state index contributed by atoms with van der Waals surface area (Å²) in [6, 6.07) is 18.6. The van der Waals surface area contributed by atoms with E-state index in [0.29, 0.717) is 28.2 Å².